The van der Waals surface area contributed by atoms with E-state index >= 15 is 0 Å². The maximum atomic E-state index is 12.8. The van der Waals surface area contributed by atoms with Crippen LogP contribution in [0.3, 0.4) is 0 Å². The molecule has 0 unspecified atom stereocenters. The predicted octanol–water partition coefficient (Wildman–Crippen LogP) is 2.22. The van der Waals surface area contributed by atoms with Crippen molar-refractivity contribution in [2.75, 3.05) is 0 Å². The second-order valence-electron chi connectivity index (χ2n) is 2.30. The summed E-state index contributed by atoms with van der Waals surface area (Å²) in [5, 5.41) is 0. The Kier molecular flexibility index (Phi) is 3.48. The predicted molar refractivity (Wildman–Crippen MR) is 49.8 cm³/mol. The molecule has 6 heteroatoms. The van der Waals surface area contributed by atoms with Crippen molar-refractivity contribution in [3.8, 4) is 0 Å². The Labute approximate surface area is 86.5 Å². The first-order chi connectivity index (χ1) is 6.06. The molecule has 1 rings (SSSR count). The summed E-state index contributed by atoms with van der Waals surface area (Å²) >= 11 is 1.60. The van der Waals surface area contributed by atoms with Crippen LogP contribution >= 0.6 is 22.6 Å². The van der Waals surface area contributed by atoms with Gasteiger partial charge in [-0.3, -0.25) is 0 Å². The molecule has 13 heavy (non-hydrogen) atoms. The van der Waals surface area contributed by atoms with Gasteiger partial charge in [-0.2, -0.15) is 4.39 Å². The topological polar surface area (TPSA) is 38.9 Å². The zero-order chi connectivity index (χ0) is 10.0. The van der Waals surface area contributed by atoms with Crippen LogP contribution in [0.4, 0.5) is 13.2 Å². The van der Waals surface area contributed by atoms with E-state index in [9.17, 15) is 13.2 Å². The van der Waals surface area contributed by atoms with Gasteiger partial charge in [0.1, 0.15) is 0 Å². The zero-order valence-corrected chi connectivity index (χ0v) is 8.56. The smallest absolute Gasteiger partial charge is 0.265 e. The van der Waals surface area contributed by atoms with Gasteiger partial charge in [0.05, 0.1) is 9.26 Å². The molecular weight excluding hydrogens is 296 g/mol. The first-order valence-corrected chi connectivity index (χ1v) is 4.47. The van der Waals surface area contributed by atoms with E-state index in [1.54, 1.807) is 22.6 Å². The lowest BCUT2D eigenvalue weighted by molar-refractivity contribution is 0.149. The van der Waals surface area contributed by atoms with E-state index in [0.717, 1.165) is 6.07 Å². The molecule has 2 N–H and O–H groups in total. The lowest BCUT2D eigenvalue weighted by Gasteiger charge is -2.06. The Hall–Kier alpha value is -0.370. The van der Waals surface area contributed by atoms with E-state index in [0.29, 0.717) is 0 Å². The van der Waals surface area contributed by atoms with Crippen molar-refractivity contribution in [1.82, 2.24) is 4.98 Å². The largest absolute Gasteiger partial charge is 0.325 e. The Bertz CT molecular complexity index is 317. The van der Waals surface area contributed by atoms with Crippen LogP contribution < -0.4 is 5.73 Å². The van der Waals surface area contributed by atoms with Gasteiger partial charge in [-0.15, -0.1) is 0 Å². The van der Waals surface area contributed by atoms with Crippen molar-refractivity contribution in [3.63, 3.8) is 0 Å². The average molecular weight is 302 g/mol. The molecule has 0 spiro atoms. The highest BCUT2D eigenvalue weighted by molar-refractivity contribution is 14.1. The first kappa shape index (κ1) is 10.7. The highest BCUT2D eigenvalue weighted by Gasteiger charge is 2.16. The molecule has 1 aromatic rings. The number of aromatic nitrogens is 1. The van der Waals surface area contributed by atoms with Crippen LogP contribution in [0.2, 0.25) is 0 Å². The minimum Gasteiger partial charge on any atom is -0.325 e. The number of pyridine rings is 1. The van der Waals surface area contributed by atoms with Gasteiger partial charge in [0.25, 0.3) is 6.43 Å². The summed E-state index contributed by atoms with van der Waals surface area (Å²) in [6.07, 6.45) is -2.67. The number of rotatable bonds is 2. The summed E-state index contributed by atoms with van der Waals surface area (Å²) in [5.74, 6) is -0.759. The maximum absolute atomic E-state index is 12.8. The minimum atomic E-state index is -2.67. The highest BCUT2D eigenvalue weighted by Crippen LogP contribution is 2.24. The van der Waals surface area contributed by atoms with Crippen molar-refractivity contribution in [1.29, 1.82) is 0 Å². The van der Waals surface area contributed by atoms with E-state index in [1.165, 1.54) is 0 Å². The van der Waals surface area contributed by atoms with Gasteiger partial charge >= 0.3 is 0 Å². The standard InChI is InChI=1S/C7H6F3IN2/c8-6(9)3-1-4(11)7(10)13-5(3)2-12/h1,6H,2,12H2. The van der Waals surface area contributed by atoms with Crippen LogP contribution in [-0.4, -0.2) is 4.98 Å². The quantitative estimate of drug-likeness (QED) is 0.672. The Morgan fingerprint density at radius 3 is 2.62 bits per heavy atom. The summed E-state index contributed by atoms with van der Waals surface area (Å²) in [6, 6.07) is 1.07. The fourth-order valence-electron chi connectivity index (χ4n) is 0.868. The molecule has 2 nitrogen and oxygen atoms in total. The summed E-state index contributed by atoms with van der Waals surface area (Å²) in [7, 11) is 0. The molecule has 0 fully saturated rings. The fourth-order valence-corrected chi connectivity index (χ4v) is 1.32. The molecule has 0 atom stereocenters. The van der Waals surface area contributed by atoms with Crippen LogP contribution in [-0.2, 0) is 6.54 Å². The normalized spacial score (nSPS) is 10.9. The first-order valence-electron chi connectivity index (χ1n) is 3.39. The number of halogens is 4. The van der Waals surface area contributed by atoms with Gasteiger partial charge in [0, 0.05) is 12.1 Å². The summed E-state index contributed by atoms with van der Waals surface area (Å²) < 4.78 is 37.5. The highest BCUT2D eigenvalue weighted by atomic mass is 127. The average Bonchev–Trinajstić information content (AvgIpc) is 2.08. The summed E-state index contributed by atoms with van der Waals surface area (Å²) in [6.45, 7) is -0.187. The van der Waals surface area contributed by atoms with E-state index in [-0.39, 0.29) is 21.4 Å². The maximum Gasteiger partial charge on any atom is 0.265 e. The minimum absolute atomic E-state index is 0.0742. The summed E-state index contributed by atoms with van der Waals surface area (Å²) in [5.41, 5.74) is 4.75. The van der Waals surface area contributed by atoms with E-state index in [2.05, 4.69) is 4.98 Å². The van der Waals surface area contributed by atoms with Crippen molar-refractivity contribution in [3.05, 3.63) is 26.8 Å². The zero-order valence-electron chi connectivity index (χ0n) is 6.40. The van der Waals surface area contributed by atoms with Crippen molar-refractivity contribution < 1.29 is 13.2 Å². The molecule has 0 saturated heterocycles. The van der Waals surface area contributed by atoms with Gasteiger partial charge in [0.15, 0.2) is 0 Å². The number of nitrogens with two attached hydrogens (primary N) is 1. The number of hydrogen-bond acceptors (Lipinski definition) is 2. The third-order valence-corrected chi connectivity index (χ3v) is 2.23. The lowest BCUT2D eigenvalue weighted by Crippen LogP contribution is -2.07. The molecule has 0 aliphatic heterocycles. The third kappa shape index (κ3) is 2.31. The van der Waals surface area contributed by atoms with E-state index in [1.807, 2.05) is 0 Å². The van der Waals surface area contributed by atoms with Crippen LogP contribution in [0.5, 0.6) is 0 Å². The molecule has 0 saturated carbocycles. The molecule has 0 aromatic carbocycles. The number of hydrogen-bond donors (Lipinski definition) is 1. The van der Waals surface area contributed by atoms with Crippen LogP contribution in [0.25, 0.3) is 0 Å². The van der Waals surface area contributed by atoms with Crippen LogP contribution in [0.1, 0.15) is 17.7 Å². The molecular formula is C7H6F3IN2. The lowest BCUT2D eigenvalue weighted by atomic mass is 10.2. The molecule has 0 amide bonds. The van der Waals surface area contributed by atoms with E-state index < -0.39 is 12.4 Å². The second kappa shape index (κ2) is 4.23. The van der Waals surface area contributed by atoms with Gasteiger partial charge < -0.3 is 5.73 Å². The van der Waals surface area contributed by atoms with Crippen molar-refractivity contribution in [2.45, 2.75) is 13.0 Å². The molecule has 1 aromatic heterocycles. The van der Waals surface area contributed by atoms with Gasteiger partial charge in [-0.25, -0.2) is 13.8 Å². The number of alkyl halides is 2. The monoisotopic (exact) mass is 302 g/mol. The fraction of sp³-hybridized carbons (Fsp3) is 0.286. The van der Waals surface area contributed by atoms with Gasteiger partial charge in [-0.1, -0.05) is 0 Å². The van der Waals surface area contributed by atoms with Crippen molar-refractivity contribution in [2.24, 2.45) is 5.73 Å². The van der Waals surface area contributed by atoms with Gasteiger partial charge in [-0.05, 0) is 28.7 Å². The Morgan fingerprint density at radius 1 is 1.54 bits per heavy atom. The second-order valence-corrected chi connectivity index (χ2v) is 3.46. The van der Waals surface area contributed by atoms with Crippen LogP contribution in [0, 0.1) is 9.52 Å². The Morgan fingerprint density at radius 2 is 2.15 bits per heavy atom. The molecule has 0 aliphatic rings. The molecule has 0 radical (unpaired) electrons. The van der Waals surface area contributed by atoms with Gasteiger partial charge in [0.2, 0.25) is 5.95 Å². The van der Waals surface area contributed by atoms with Crippen LogP contribution in [0.15, 0.2) is 6.07 Å². The SMILES string of the molecule is NCc1nc(F)c(I)cc1C(F)F. The Balaban J connectivity index is 3.25. The third-order valence-electron chi connectivity index (χ3n) is 1.47. The number of nitrogens with zero attached hydrogens (tertiary/aromatic N) is 1. The van der Waals surface area contributed by atoms with E-state index in [4.69, 9.17) is 5.73 Å². The summed E-state index contributed by atoms with van der Waals surface area (Å²) in [4.78, 5) is 3.33. The van der Waals surface area contributed by atoms with Crippen molar-refractivity contribution >= 4 is 22.6 Å². The molecule has 0 aliphatic carbocycles. The molecule has 72 valence electrons. The molecule has 1 heterocycles. The molecule has 0 bridgehead atoms.